The number of aryl methyl sites for hydroxylation is 1. The number of rotatable bonds is 2. The van der Waals surface area contributed by atoms with Crippen LogP contribution in [0.3, 0.4) is 0 Å². The largest absolute Gasteiger partial charge is 0.397 e. The summed E-state index contributed by atoms with van der Waals surface area (Å²) >= 11 is 1.70. The van der Waals surface area contributed by atoms with Crippen molar-refractivity contribution in [3.8, 4) is 10.4 Å². The number of likely N-dealkylation sites (tertiary alicyclic amines) is 1. The SMILES string of the molecule is Cc1csc(-c2ccc(N)c(NC(=O)N3CCCC3)c2)c1. The Balaban J connectivity index is 1.82. The summed E-state index contributed by atoms with van der Waals surface area (Å²) in [7, 11) is 0. The standard InChI is InChI=1S/C16H19N3OS/c1-11-8-15(21-10-11)12-4-5-13(17)14(9-12)18-16(20)19-6-2-3-7-19/h4-5,8-10H,2-3,6-7,17H2,1H3,(H,18,20). The number of carbonyl (C=O) groups excluding carboxylic acids is 1. The van der Waals surface area contributed by atoms with Gasteiger partial charge in [-0.3, -0.25) is 0 Å². The average molecular weight is 301 g/mol. The molecule has 2 amide bonds. The van der Waals surface area contributed by atoms with Crippen molar-refractivity contribution in [2.45, 2.75) is 19.8 Å². The van der Waals surface area contributed by atoms with Gasteiger partial charge in [0.15, 0.2) is 0 Å². The van der Waals surface area contributed by atoms with Gasteiger partial charge in [0.2, 0.25) is 0 Å². The highest BCUT2D eigenvalue weighted by Crippen LogP contribution is 2.31. The highest BCUT2D eigenvalue weighted by molar-refractivity contribution is 7.13. The van der Waals surface area contributed by atoms with Crippen molar-refractivity contribution < 1.29 is 4.79 Å². The van der Waals surface area contributed by atoms with Crippen molar-refractivity contribution in [3.05, 3.63) is 35.2 Å². The fraction of sp³-hybridized carbons (Fsp3) is 0.312. The lowest BCUT2D eigenvalue weighted by molar-refractivity contribution is 0.222. The van der Waals surface area contributed by atoms with Gasteiger partial charge < -0.3 is 16.0 Å². The molecule has 0 spiro atoms. The van der Waals surface area contributed by atoms with Gasteiger partial charge in [0, 0.05) is 18.0 Å². The maximum atomic E-state index is 12.2. The highest BCUT2D eigenvalue weighted by Gasteiger charge is 2.18. The second-order valence-corrected chi connectivity index (χ2v) is 6.33. The lowest BCUT2D eigenvalue weighted by atomic mass is 10.1. The van der Waals surface area contributed by atoms with Gasteiger partial charge in [-0.15, -0.1) is 11.3 Å². The molecule has 4 nitrogen and oxygen atoms in total. The number of nitrogens with one attached hydrogen (secondary N) is 1. The Kier molecular flexibility index (Phi) is 3.84. The first-order valence-electron chi connectivity index (χ1n) is 7.14. The van der Waals surface area contributed by atoms with Crippen LogP contribution in [0, 0.1) is 6.92 Å². The molecule has 1 aromatic carbocycles. The molecule has 1 saturated heterocycles. The molecule has 0 aliphatic carbocycles. The van der Waals surface area contributed by atoms with Crippen molar-refractivity contribution in [2.24, 2.45) is 0 Å². The monoisotopic (exact) mass is 301 g/mol. The fourth-order valence-corrected chi connectivity index (χ4v) is 3.41. The zero-order valence-corrected chi connectivity index (χ0v) is 12.9. The van der Waals surface area contributed by atoms with E-state index >= 15 is 0 Å². The zero-order valence-electron chi connectivity index (χ0n) is 12.1. The van der Waals surface area contributed by atoms with E-state index in [-0.39, 0.29) is 6.03 Å². The minimum Gasteiger partial charge on any atom is -0.397 e. The van der Waals surface area contributed by atoms with Crippen LogP contribution in [0.1, 0.15) is 18.4 Å². The zero-order chi connectivity index (χ0) is 14.8. The van der Waals surface area contributed by atoms with E-state index in [2.05, 4.69) is 23.7 Å². The molecule has 1 aromatic heterocycles. The Morgan fingerprint density at radius 3 is 2.71 bits per heavy atom. The maximum Gasteiger partial charge on any atom is 0.321 e. The molecule has 1 fully saturated rings. The van der Waals surface area contributed by atoms with Gasteiger partial charge in [-0.1, -0.05) is 6.07 Å². The van der Waals surface area contributed by atoms with Gasteiger partial charge in [-0.2, -0.15) is 0 Å². The summed E-state index contributed by atoms with van der Waals surface area (Å²) in [5.74, 6) is 0. The predicted molar refractivity (Wildman–Crippen MR) is 88.7 cm³/mol. The normalized spacial score (nSPS) is 14.4. The predicted octanol–water partition coefficient (Wildman–Crippen LogP) is 3.93. The molecule has 5 heteroatoms. The van der Waals surface area contributed by atoms with E-state index in [9.17, 15) is 4.79 Å². The maximum absolute atomic E-state index is 12.2. The Labute approximate surface area is 128 Å². The first-order valence-corrected chi connectivity index (χ1v) is 8.02. The summed E-state index contributed by atoms with van der Waals surface area (Å²) in [6.45, 7) is 3.73. The molecule has 0 radical (unpaired) electrons. The minimum atomic E-state index is -0.0567. The Morgan fingerprint density at radius 2 is 2.05 bits per heavy atom. The lowest BCUT2D eigenvalue weighted by Gasteiger charge is -2.17. The number of amides is 2. The molecule has 21 heavy (non-hydrogen) atoms. The summed E-state index contributed by atoms with van der Waals surface area (Å²) in [5.41, 5.74) is 9.60. The van der Waals surface area contributed by atoms with E-state index < -0.39 is 0 Å². The van der Waals surface area contributed by atoms with Crippen molar-refractivity contribution in [1.82, 2.24) is 4.90 Å². The molecule has 2 aromatic rings. The van der Waals surface area contributed by atoms with Crippen LogP contribution < -0.4 is 11.1 Å². The number of anilines is 2. The number of benzene rings is 1. The summed E-state index contributed by atoms with van der Waals surface area (Å²) in [5, 5.41) is 5.05. The molecule has 0 bridgehead atoms. The molecule has 0 unspecified atom stereocenters. The molecule has 2 heterocycles. The van der Waals surface area contributed by atoms with E-state index in [1.807, 2.05) is 23.1 Å². The highest BCUT2D eigenvalue weighted by atomic mass is 32.1. The van der Waals surface area contributed by atoms with Crippen LogP contribution in [-0.4, -0.2) is 24.0 Å². The quantitative estimate of drug-likeness (QED) is 0.826. The third-order valence-electron chi connectivity index (χ3n) is 3.70. The summed E-state index contributed by atoms with van der Waals surface area (Å²) in [6.07, 6.45) is 2.16. The van der Waals surface area contributed by atoms with E-state index in [1.54, 1.807) is 11.3 Å². The molecular formula is C16H19N3OS. The minimum absolute atomic E-state index is 0.0567. The Bertz CT molecular complexity index is 659. The molecule has 0 atom stereocenters. The summed E-state index contributed by atoms with van der Waals surface area (Å²) in [6, 6.07) is 7.88. The van der Waals surface area contributed by atoms with Gasteiger partial charge in [-0.05, 0) is 54.5 Å². The molecule has 110 valence electrons. The molecule has 3 N–H and O–H groups in total. The van der Waals surface area contributed by atoms with Crippen LogP contribution in [0.15, 0.2) is 29.6 Å². The third-order valence-corrected chi connectivity index (χ3v) is 4.80. The van der Waals surface area contributed by atoms with Crippen LogP contribution in [0.25, 0.3) is 10.4 Å². The van der Waals surface area contributed by atoms with Crippen LogP contribution in [-0.2, 0) is 0 Å². The van der Waals surface area contributed by atoms with Crippen molar-refractivity contribution in [2.75, 3.05) is 24.1 Å². The summed E-state index contributed by atoms with van der Waals surface area (Å²) in [4.78, 5) is 15.2. The van der Waals surface area contributed by atoms with E-state index in [0.29, 0.717) is 11.4 Å². The Morgan fingerprint density at radius 1 is 1.29 bits per heavy atom. The number of urea groups is 1. The first-order chi connectivity index (χ1) is 10.1. The van der Waals surface area contributed by atoms with Crippen molar-refractivity contribution >= 4 is 28.7 Å². The van der Waals surface area contributed by atoms with E-state index in [0.717, 1.165) is 31.5 Å². The first kappa shape index (κ1) is 13.9. The van der Waals surface area contributed by atoms with Gasteiger partial charge >= 0.3 is 6.03 Å². The molecular weight excluding hydrogens is 282 g/mol. The smallest absolute Gasteiger partial charge is 0.321 e. The van der Waals surface area contributed by atoms with Crippen LogP contribution in [0.4, 0.5) is 16.2 Å². The molecule has 1 aliphatic heterocycles. The topological polar surface area (TPSA) is 58.4 Å². The van der Waals surface area contributed by atoms with E-state index in [4.69, 9.17) is 5.73 Å². The van der Waals surface area contributed by atoms with E-state index in [1.165, 1.54) is 10.4 Å². The number of hydrogen-bond donors (Lipinski definition) is 2. The fourth-order valence-electron chi connectivity index (χ4n) is 2.51. The lowest BCUT2D eigenvalue weighted by Crippen LogP contribution is -2.32. The summed E-state index contributed by atoms with van der Waals surface area (Å²) < 4.78 is 0. The van der Waals surface area contributed by atoms with Crippen LogP contribution in [0.5, 0.6) is 0 Å². The number of carbonyl (C=O) groups is 1. The second kappa shape index (κ2) is 5.77. The third kappa shape index (κ3) is 3.03. The van der Waals surface area contributed by atoms with Gasteiger partial charge in [0.1, 0.15) is 0 Å². The second-order valence-electron chi connectivity index (χ2n) is 5.41. The van der Waals surface area contributed by atoms with Gasteiger partial charge in [-0.25, -0.2) is 4.79 Å². The van der Waals surface area contributed by atoms with Crippen molar-refractivity contribution in [3.63, 3.8) is 0 Å². The number of nitrogens with two attached hydrogens (primary N) is 1. The number of thiophene rings is 1. The number of nitrogen functional groups attached to an aromatic ring is 1. The van der Waals surface area contributed by atoms with Crippen LogP contribution >= 0.6 is 11.3 Å². The number of hydrogen-bond acceptors (Lipinski definition) is 3. The molecule has 1 aliphatic rings. The Hall–Kier alpha value is -2.01. The molecule has 0 saturated carbocycles. The van der Waals surface area contributed by atoms with Gasteiger partial charge in [0.05, 0.1) is 11.4 Å². The van der Waals surface area contributed by atoms with Crippen molar-refractivity contribution in [1.29, 1.82) is 0 Å². The average Bonchev–Trinajstić information content (AvgIpc) is 3.12. The molecule has 3 rings (SSSR count). The van der Waals surface area contributed by atoms with Gasteiger partial charge in [0.25, 0.3) is 0 Å². The number of nitrogens with zero attached hydrogens (tertiary/aromatic N) is 1. The van der Waals surface area contributed by atoms with Crippen LogP contribution in [0.2, 0.25) is 0 Å².